The fraction of sp³-hybridized carbons (Fsp3) is 0.317. The van der Waals surface area contributed by atoms with Gasteiger partial charge in [-0.25, -0.2) is 9.79 Å². The zero-order chi connectivity index (χ0) is 38.8. The predicted molar refractivity (Wildman–Crippen MR) is 213 cm³/mol. The van der Waals surface area contributed by atoms with E-state index in [4.69, 9.17) is 15.2 Å². The average Bonchev–Trinajstić information content (AvgIpc) is 3.11. The number of likely N-dealkylation sites (N-methyl/N-ethyl adjacent to an activating group) is 3. The Morgan fingerprint density at radius 3 is 1.98 bits per heavy atom. The fourth-order valence-electron chi connectivity index (χ4n) is 4.46. The number of amides is 3. The number of anilines is 3. The second-order valence-electron chi connectivity index (χ2n) is 12.8. The highest BCUT2D eigenvalue weighted by Crippen LogP contribution is 2.29. The van der Waals surface area contributed by atoms with Crippen molar-refractivity contribution < 1.29 is 23.9 Å². The van der Waals surface area contributed by atoms with Crippen molar-refractivity contribution in [2.24, 2.45) is 10.7 Å². The van der Waals surface area contributed by atoms with Crippen molar-refractivity contribution in [1.82, 2.24) is 4.90 Å². The molecule has 0 spiro atoms. The molecule has 0 aromatic heterocycles. The van der Waals surface area contributed by atoms with E-state index in [1.54, 1.807) is 72.1 Å². The molecule has 3 aromatic rings. The van der Waals surface area contributed by atoms with Crippen LogP contribution < -0.4 is 25.2 Å². The summed E-state index contributed by atoms with van der Waals surface area (Å²) in [6.07, 6.45) is 7.06. The van der Waals surface area contributed by atoms with Gasteiger partial charge in [-0.15, -0.1) is 0 Å². The first kappa shape index (κ1) is 42.3. The summed E-state index contributed by atoms with van der Waals surface area (Å²) in [4.78, 5) is 48.3. The second-order valence-corrected chi connectivity index (χ2v) is 12.8. The Morgan fingerprint density at radius 2 is 1.44 bits per heavy atom. The van der Waals surface area contributed by atoms with Gasteiger partial charge >= 0.3 is 6.09 Å². The molecule has 3 amide bonds. The van der Waals surface area contributed by atoms with Crippen LogP contribution in [0.15, 0.2) is 120 Å². The molecule has 0 aliphatic rings. The molecular formula is C41H54N6O5. The molecule has 11 heteroatoms. The Kier molecular flexibility index (Phi) is 16.9. The maximum Gasteiger partial charge on any atom is 0.410 e. The Morgan fingerprint density at radius 1 is 0.846 bits per heavy atom. The van der Waals surface area contributed by atoms with Crippen LogP contribution in [0.25, 0.3) is 0 Å². The third-order valence-corrected chi connectivity index (χ3v) is 7.34. The second kappa shape index (κ2) is 20.7. The largest absolute Gasteiger partial charge is 0.457 e. The van der Waals surface area contributed by atoms with E-state index >= 15 is 0 Å². The molecule has 0 saturated carbocycles. The van der Waals surface area contributed by atoms with Crippen LogP contribution in [0.3, 0.4) is 0 Å². The van der Waals surface area contributed by atoms with Crippen molar-refractivity contribution in [2.75, 3.05) is 42.4 Å². The smallest absolute Gasteiger partial charge is 0.410 e. The van der Waals surface area contributed by atoms with Gasteiger partial charge in [0.1, 0.15) is 22.8 Å². The van der Waals surface area contributed by atoms with Crippen molar-refractivity contribution in [2.45, 2.75) is 60.0 Å². The minimum absolute atomic E-state index is 0.179. The van der Waals surface area contributed by atoms with E-state index in [0.717, 1.165) is 11.4 Å². The van der Waals surface area contributed by atoms with Crippen LogP contribution in [0.2, 0.25) is 0 Å². The van der Waals surface area contributed by atoms with Gasteiger partial charge in [0.2, 0.25) is 12.3 Å². The van der Waals surface area contributed by atoms with Crippen molar-refractivity contribution in [3.8, 4) is 11.5 Å². The lowest BCUT2D eigenvalue weighted by Crippen LogP contribution is -2.38. The number of hydrogen-bond donors (Lipinski definition) is 1. The topological polar surface area (TPSA) is 121 Å². The predicted octanol–water partition coefficient (Wildman–Crippen LogP) is 8.50. The third kappa shape index (κ3) is 13.1. The van der Waals surface area contributed by atoms with Crippen molar-refractivity contribution in [3.05, 3.63) is 115 Å². The van der Waals surface area contributed by atoms with Gasteiger partial charge in [0.25, 0.3) is 0 Å². The van der Waals surface area contributed by atoms with Crippen LogP contribution in [0.5, 0.6) is 11.5 Å². The van der Waals surface area contributed by atoms with Gasteiger partial charge in [-0.3, -0.25) is 14.5 Å². The van der Waals surface area contributed by atoms with Gasteiger partial charge in [0, 0.05) is 57.0 Å². The highest BCUT2D eigenvalue weighted by molar-refractivity contribution is 6.20. The number of ether oxygens (including phenoxy) is 2. The first-order valence-corrected chi connectivity index (χ1v) is 17.1. The normalized spacial score (nSPS) is 11.8. The Labute approximate surface area is 309 Å². The van der Waals surface area contributed by atoms with Crippen molar-refractivity contribution in [1.29, 1.82) is 0 Å². The standard InChI is InChI=1S/C37H44N6O5.C4H10/c1-9-39-35(34(27(2)38)42(8)28-20-22-32(23-21-28)47-31-17-11-10-12-18-31)43(26-44)30-16-13-15-29(25-30)41(7)33(45)19-14-24-40(6)36(46)48-37(3,4)5;1-3-4-2/h9-23,25-26H,1,24,38H2,2-8H3;3-4H2,1-2H3/b19-14+,34-27-,39-35?;. The first-order chi connectivity index (χ1) is 24.7. The van der Waals surface area contributed by atoms with Crippen LogP contribution in [0.4, 0.5) is 21.9 Å². The summed E-state index contributed by atoms with van der Waals surface area (Å²) in [5.41, 5.74) is 8.37. The number of para-hydroxylation sites is 1. The number of benzene rings is 3. The van der Waals surface area contributed by atoms with Gasteiger partial charge in [0.15, 0.2) is 5.84 Å². The zero-order valence-corrected chi connectivity index (χ0v) is 32.0. The van der Waals surface area contributed by atoms with E-state index in [1.165, 1.54) is 39.8 Å². The van der Waals surface area contributed by atoms with E-state index in [2.05, 4.69) is 25.4 Å². The Balaban J connectivity index is 0.00000222. The van der Waals surface area contributed by atoms with Gasteiger partial charge in [-0.05, 0) is 82.3 Å². The quantitative estimate of drug-likeness (QED) is 0.0817. The first-order valence-electron chi connectivity index (χ1n) is 17.1. The number of carbonyl (C=O) groups excluding carboxylic acids is 3. The zero-order valence-electron chi connectivity index (χ0n) is 32.0. The monoisotopic (exact) mass is 710 g/mol. The average molecular weight is 711 g/mol. The maximum absolute atomic E-state index is 13.0. The molecule has 2 N–H and O–H groups in total. The summed E-state index contributed by atoms with van der Waals surface area (Å²) in [6.45, 7) is 15.4. The third-order valence-electron chi connectivity index (χ3n) is 7.34. The lowest BCUT2D eigenvalue weighted by atomic mass is 10.2. The number of nitrogens with two attached hydrogens (primary N) is 1. The fourth-order valence-corrected chi connectivity index (χ4v) is 4.46. The molecule has 0 fully saturated rings. The SMILES string of the molecule is C=CN=C(/C(=C(\C)N)N(C)c1ccc(Oc2ccccc2)cc1)N(C=O)c1cccc(N(C)C(=O)/C=C/CN(C)C(=O)OC(C)(C)C)c1.CCCC. The number of amidine groups is 1. The van der Waals surface area contributed by atoms with Crippen LogP contribution in [0.1, 0.15) is 54.4 Å². The van der Waals surface area contributed by atoms with E-state index < -0.39 is 11.7 Å². The molecule has 11 nitrogen and oxygen atoms in total. The molecule has 52 heavy (non-hydrogen) atoms. The van der Waals surface area contributed by atoms with E-state index in [9.17, 15) is 14.4 Å². The molecule has 0 bridgehead atoms. The number of allylic oxidation sites excluding steroid dienone is 1. The highest BCUT2D eigenvalue weighted by atomic mass is 16.6. The van der Waals surface area contributed by atoms with Crippen LogP contribution in [0, 0.1) is 0 Å². The molecular weight excluding hydrogens is 656 g/mol. The van der Waals surface area contributed by atoms with Crippen LogP contribution in [-0.4, -0.2) is 62.4 Å². The summed E-state index contributed by atoms with van der Waals surface area (Å²) >= 11 is 0. The molecule has 0 radical (unpaired) electrons. The van der Waals surface area contributed by atoms with Gasteiger partial charge in [0.05, 0.1) is 5.69 Å². The number of nitrogens with zero attached hydrogens (tertiary/aromatic N) is 5. The Bertz CT molecular complexity index is 1710. The minimum atomic E-state index is -0.625. The highest BCUT2D eigenvalue weighted by Gasteiger charge is 2.24. The molecule has 0 heterocycles. The van der Waals surface area contributed by atoms with E-state index in [-0.39, 0.29) is 18.3 Å². The number of rotatable bonds is 13. The van der Waals surface area contributed by atoms with E-state index in [0.29, 0.717) is 34.9 Å². The number of aliphatic imine (C=N–C) groups is 1. The lowest BCUT2D eigenvalue weighted by molar-refractivity contribution is -0.114. The number of carbonyl (C=O) groups is 3. The van der Waals surface area contributed by atoms with Crippen molar-refractivity contribution >= 4 is 41.3 Å². The maximum atomic E-state index is 13.0. The Hall–Kier alpha value is -5.84. The van der Waals surface area contributed by atoms with Gasteiger partial charge in [-0.1, -0.05) is 63.6 Å². The molecule has 3 aromatic carbocycles. The molecule has 0 unspecified atom stereocenters. The van der Waals surface area contributed by atoms with Gasteiger partial charge in [-0.2, -0.15) is 0 Å². The number of hydrogen-bond acceptors (Lipinski definition) is 8. The summed E-state index contributed by atoms with van der Waals surface area (Å²) in [5.74, 6) is 1.27. The molecule has 0 atom stereocenters. The molecule has 278 valence electrons. The molecule has 0 aliphatic heterocycles. The minimum Gasteiger partial charge on any atom is -0.457 e. The summed E-state index contributed by atoms with van der Waals surface area (Å²) < 4.78 is 11.3. The summed E-state index contributed by atoms with van der Waals surface area (Å²) in [7, 11) is 5.02. The summed E-state index contributed by atoms with van der Waals surface area (Å²) in [5, 5.41) is 0. The van der Waals surface area contributed by atoms with Crippen LogP contribution >= 0.6 is 0 Å². The van der Waals surface area contributed by atoms with E-state index in [1.807, 2.05) is 66.5 Å². The van der Waals surface area contributed by atoms with Crippen molar-refractivity contribution in [3.63, 3.8) is 0 Å². The lowest BCUT2D eigenvalue weighted by Gasteiger charge is -2.30. The number of unbranched alkanes of at least 4 members (excludes halogenated alkanes) is 1. The summed E-state index contributed by atoms with van der Waals surface area (Å²) in [6, 6.07) is 23.8. The molecule has 0 saturated heterocycles. The van der Waals surface area contributed by atoms with Crippen LogP contribution in [-0.2, 0) is 14.3 Å². The van der Waals surface area contributed by atoms with Gasteiger partial charge < -0.3 is 29.9 Å². The molecule has 0 aliphatic carbocycles. The molecule has 3 rings (SSSR count).